The Bertz CT molecular complexity index is 1050. The maximum Gasteiger partial charge on any atom is 0.271 e. The number of methoxy groups -OCH3 is 1. The molecule has 0 radical (unpaired) electrons. The van der Waals surface area contributed by atoms with Gasteiger partial charge in [-0.15, -0.1) is 5.10 Å². The van der Waals surface area contributed by atoms with Crippen LogP contribution in [-0.2, 0) is 0 Å². The van der Waals surface area contributed by atoms with Crippen LogP contribution in [0.25, 0.3) is 11.0 Å². The lowest BCUT2D eigenvalue weighted by molar-refractivity contribution is 0.0946. The molecule has 0 aliphatic carbocycles. The molecule has 0 spiro atoms. The van der Waals surface area contributed by atoms with Gasteiger partial charge >= 0.3 is 0 Å². The van der Waals surface area contributed by atoms with Crippen molar-refractivity contribution in [2.45, 2.75) is 6.92 Å². The van der Waals surface area contributed by atoms with Crippen molar-refractivity contribution in [3.05, 3.63) is 70.8 Å². The van der Waals surface area contributed by atoms with E-state index in [0.717, 1.165) is 5.56 Å². The highest BCUT2D eigenvalue weighted by atomic mass is 16.5. The van der Waals surface area contributed by atoms with Gasteiger partial charge in [-0.1, -0.05) is 29.8 Å². The number of nitrogens with two attached hydrogens (primary N) is 1. The minimum atomic E-state index is -0.721. The normalized spacial score (nSPS) is 11.4. The first kappa shape index (κ1) is 17.2. The van der Waals surface area contributed by atoms with Crippen LogP contribution in [0.5, 0.6) is 5.75 Å². The SMILES string of the molecule is COc1cccc2cc(C(N)=O)c(=NNC(=O)c3ccc(C)cc3)oc12. The first-order valence-electron chi connectivity index (χ1n) is 7.81. The van der Waals surface area contributed by atoms with Crippen LogP contribution < -0.4 is 21.5 Å². The Labute approximate surface area is 149 Å². The maximum absolute atomic E-state index is 12.2. The van der Waals surface area contributed by atoms with Crippen LogP contribution >= 0.6 is 0 Å². The molecule has 26 heavy (non-hydrogen) atoms. The van der Waals surface area contributed by atoms with Crippen molar-refractivity contribution >= 4 is 22.8 Å². The number of ether oxygens (including phenoxy) is 1. The van der Waals surface area contributed by atoms with Gasteiger partial charge in [0.1, 0.15) is 5.56 Å². The summed E-state index contributed by atoms with van der Waals surface area (Å²) in [6, 6.07) is 13.8. The summed E-state index contributed by atoms with van der Waals surface area (Å²) in [4.78, 5) is 23.9. The number of hydrogen-bond acceptors (Lipinski definition) is 5. The van der Waals surface area contributed by atoms with Crippen LogP contribution in [0.3, 0.4) is 0 Å². The molecule has 7 heteroatoms. The third kappa shape index (κ3) is 3.41. The molecule has 0 fully saturated rings. The molecular formula is C19H17N3O4. The van der Waals surface area contributed by atoms with Crippen molar-refractivity contribution in [3.8, 4) is 5.75 Å². The Morgan fingerprint density at radius 1 is 1.15 bits per heavy atom. The van der Waals surface area contributed by atoms with Crippen LogP contribution in [0.15, 0.2) is 58.0 Å². The second-order valence-corrected chi connectivity index (χ2v) is 5.63. The Hall–Kier alpha value is -3.61. The molecule has 0 unspecified atom stereocenters. The van der Waals surface area contributed by atoms with E-state index in [1.807, 2.05) is 19.1 Å². The molecule has 0 atom stereocenters. The minimum absolute atomic E-state index is 0.0509. The first-order valence-corrected chi connectivity index (χ1v) is 7.81. The molecule has 2 aromatic carbocycles. The van der Waals surface area contributed by atoms with E-state index in [0.29, 0.717) is 22.3 Å². The summed E-state index contributed by atoms with van der Waals surface area (Å²) in [6.07, 6.45) is 0. The molecule has 1 heterocycles. The van der Waals surface area contributed by atoms with Crippen molar-refractivity contribution in [3.63, 3.8) is 0 Å². The molecule has 0 bridgehead atoms. The summed E-state index contributed by atoms with van der Waals surface area (Å²) < 4.78 is 10.9. The van der Waals surface area contributed by atoms with Crippen molar-refractivity contribution in [2.75, 3.05) is 7.11 Å². The number of primary amides is 1. The molecule has 132 valence electrons. The minimum Gasteiger partial charge on any atom is -0.493 e. The molecule has 3 aromatic rings. The van der Waals surface area contributed by atoms with Gasteiger partial charge in [0.15, 0.2) is 11.3 Å². The molecular weight excluding hydrogens is 334 g/mol. The van der Waals surface area contributed by atoms with Gasteiger partial charge in [0.25, 0.3) is 11.8 Å². The van der Waals surface area contributed by atoms with E-state index in [2.05, 4.69) is 10.5 Å². The fraction of sp³-hybridized carbons (Fsp3) is 0.105. The zero-order chi connectivity index (χ0) is 18.7. The first-order chi connectivity index (χ1) is 12.5. The molecule has 0 saturated carbocycles. The highest BCUT2D eigenvalue weighted by Gasteiger charge is 2.12. The summed E-state index contributed by atoms with van der Waals surface area (Å²) in [7, 11) is 1.50. The van der Waals surface area contributed by atoms with E-state index < -0.39 is 11.8 Å². The summed E-state index contributed by atoms with van der Waals surface area (Å²) >= 11 is 0. The number of nitrogens with one attached hydrogen (secondary N) is 1. The second kappa shape index (κ2) is 7.10. The van der Waals surface area contributed by atoms with E-state index >= 15 is 0 Å². The predicted octanol–water partition coefficient (Wildman–Crippen LogP) is 2.09. The standard InChI is InChI=1S/C19H17N3O4/c1-11-6-8-12(9-7-11)18(24)21-22-19-14(17(20)23)10-13-4-3-5-15(25-2)16(13)26-19/h3-10H,1-2H3,(H2,20,23)(H,21,24). The number of rotatable bonds is 4. The smallest absolute Gasteiger partial charge is 0.271 e. The Morgan fingerprint density at radius 3 is 2.54 bits per heavy atom. The average Bonchev–Trinajstić information content (AvgIpc) is 2.65. The fourth-order valence-electron chi connectivity index (χ4n) is 2.42. The topological polar surface area (TPSA) is 107 Å². The number of fused-ring (bicyclic) bond motifs is 1. The quantitative estimate of drug-likeness (QED) is 0.702. The van der Waals surface area contributed by atoms with Crippen LogP contribution in [0.4, 0.5) is 0 Å². The summed E-state index contributed by atoms with van der Waals surface area (Å²) in [6.45, 7) is 1.92. The van der Waals surface area contributed by atoms with Crippen molar-refractivity contribution in [2.24, 2.45) is 10.8 Å². The Morgan fingerprint density at radius 2 is 1.88 bits per heavy atom. The predicted molar refractivity (Wildman–Crippen MR) is 95.5 cm³/mol. The Kier molecular flexibility index (Phi) is 4.70. The largest absolute Gasteiger partial charge is 0.493 e. The van der Waals surface area contributed by atoms with Crippen LogP contribution in [-0.4, -0.2) is 18.9 Å². The number of para-hydroxylation sites is 1. The van der Waals surface area contributed by atoms with Gasteiger partial charge in [0, 0.05) is 10.9 Å². The van der Waals surface area contributed by atoms with Gasteiger partial charge < -0.3 is 14.9 Å². The number of amides is 2. The molecule has 0 saturated heterocycles. The van der Waals surface area contributed by atoms with E-state index in [-0.39, 0.29) is 11.1 Å². The van der Waals surface area contributed by atoms with Crippen molar-refractivity contribution < 1.29 is 18.7 Å². The Balaban J connectivity index is 2.05. The van der Waals surface area contributed by atoms with Crippen molar-refractivity contribution in [1.29, 1.82) is 0 Å². The molecule has 0 aliphatic rings. The van der Waals surface area contributed by atoms with E-state index in [1.165, 1.54) is 7.11 Å². The maximum atomic E-state index is 12.2. The number of aryl methyl sites for hydroxylation is 1. The molecule has 1 aromatic heterocycles. The zero-order valence-electron chi connectivity index (χ0n) is 14.3. The average molecular weight is 351 g/mol. The highest BCUT2D eigenvalue weighted by molar-refractivity contribution is 5.96. The van der Waals surface area contributed by atoms with Gasteiger partial charge in [-0.25, -0.2) is 5.43 Å². The van der Waals surface area contributed by atoms with E-state index in [9.17, 15) is 9.59 Å². The van der Waals surface area contributed by atoms with Crippen molar-refractivity contribution in [1.82, 2.24) is 5.43 Å². The molecule has 3 rings (SSSR count). The van der Waals surface area contributed by atoms with Gasteiger partial charge in [-0.05, 0) is 31.2 Å². The van der Waals surface area contributed by atoms with E-state index in [4.69, 9.17) is 14.9 Å². The molecule has 2 amide bonds. The van der Waals surface area contributed by atoms with Gasteiger partial charge in [0.2, 0.25) is 5.55 Å². The molecule has 3 N–H and O–H groups in total. The highest BCUT2D eigenvalue weighted by Crippen LogP contribution is 2.24. The third-order valence-corrected chi connectivity index (χ3v) is 3.80. The van der Waals surface area contributed by atoms with Crippen LogP contribution in [0.2, 0.25) is 0 Å². The number of nitrogens with zero attached hydrogens (tertiary/aromatic N) is 1. The number of hydrogen-bond donors (Lipinski definition) is 2. The van der Waals surface area contributed by atoms with E-state index in [1.54, 1.807) is 36.4 Å². The van der Waals surface area contributed by atoms with Gasteiger partial charge in [-0.3, -0.25) is 9.59 Å². The lowest BCUT2D eigenvalue weighted by Crippen LogP contribution is -2.27. The number of carbonyl (C=O) groups excluding carboxylic acids is 2. The summed E-state index contributed by atoms with van der Waals surface area (Å²) in [5, 5.41) is 4.56. The fourth-order valence-corrected chi connectivity index (χ4v) is 2.42. The summed E-state index contributed by atoms with van der Waals surface area (Å²) in [5.41, 5.74) is 9.59. The zero-order valence-corrected chi connectivity index (χ0v) is 14.3. The van der Waals surface area contributed by atoms with Gasteiger partial charge in [-0.2, -0.15) is 0 Å². The van der Waals surface area contributed by atoms with Crippen LogP contribution in [0, 0.1) is 6.92 Å². The molecule has 0 aliphatic heterocycles. The van der Waals surface area contributed by atoms with Gasteiger partial charge in [0.05, 0.1) is 7.11 Å². The van der Waals surface area contributed by atoms with Crippen LogP contribution in [0.1, 0.15) is 26.3 Å². The second-order valence-electron chi connectivity index (χ2n) is 5.63. The number of carbonyl (C=O) groups is 2. The monoisotopic (exact) mass is 351 g/mol. The lowest BCUT2D eigenvalue weighted by atomic mass is 10.1. The number of benzene rings is 2. The summed E-state index contributed by atoms with van der Waals surface area (Å²) in [5.74, 6) is -0.683. The third-order valence-electron chi connectivity index (χ3n) is 3.80. The molecule has 7 nitrogen and oxygen atoms in total. The lowest BCUT2D eigenvalue weighted by Gasteiger charge is -2.06.